The molecule has 2 aliphatic heterocycles. The van der Waals surface area contributed by atoms with Gasteiger partial charge in [-0.1, -0.05) is 179 Å². The van der Waals surface area contributed by atoms with Crippen LogP contribution >= 0.6 is 0 Å². The van der Waals surface area contributed by atoms with Gasteiger partial charge in [-0.25, -0.2) is 0 Å². The van der Waals surface area contributed by atoms with Crippen molar-refractivity contribution in [2.24, 2.45) is 0 Å². The van der Waals surface area contributed by atoms with Crippen LogP contribution in [0.15, 0.2) is 170 Å². The Hall–Kier alpha value is -6.78. The quantitative estimate of drug-likeness (QED) is 0.154. The van der Waals surface area contributed by atoms with Gasteiger partial charge in [0.05, 0.1) is 5.69 Å². The van der Waals surface area contributed by atoms with Crippen LogP contribution in [-0.2, 0) is 27.1 Å². The molecule has 0 atom stereocenters. The van der Waals surface area contributed by atoms with Crippen molar-refractivity contribution in [3.8, 4) is 11.1 Å². The van der Waals surface area contributed by atoms with Gasteiger partial charge in [0.25, 0.3) is 6.71 Å². The Balaban J connectivity index is 1.25. The molecular formula is C67H68BN3. The first-order valence-electron chi connectivity index (χ1n) is 26.0. The Kier molecular flexibility index (Phi) is 9.98. The Bertz CT molecular complexity index is 3390. The Labute approximate surface area is 424 Å². The first-order chi connectivity index (χ1) is 33.7. The second-order valence-electron chi connectivity index (χ2n) is 25.0. The van der Waals surface area contributed by atoms with Crippen molar-refractivity contribution in [1.82, 2.24) is 0 Å². The van der Waals surface area contributed by atoms with Crippen molar-refractivity contribution in [3.05, 3.63) is 203 Å². The van der Waals surface area contributed by atoms with E-state index >= 15 is 0 Å². The van der Waals surface area contributed by atoms with E-state index in [0.717, 1.165) is 29.9 Å². The van der Waals surface area contributed by atoms with E-state index in [0.29, 0.717) is 0 Å². The molecule has 0 bridgehead atoms. The summed E-state index contributed by atoms with van der Waals surface area (Å²) in [5.41, 5.74) is 25.8. The SMILES string of the molecule is Cc1ccc(-c2ccccc2)cc1N1c2cc(C(C)(C)C)ccc2B2c3cc4c(cc3N(c3ccc5c(c3)C(C)(C)CC5(C)C)c3cc(N(c5ccccc5)c5ccccc5)cc1c32)C(C)(C)CC4(C)C. The molecule has 0 saturated heterocycles. The fraction of sp³-hybridized carbons (Fsp3) is 0.284. The maximum atomic E-state index is 2.69. The van der Waals surface area contributed by atoms with E-state index in [1.807, 2.05) is 0 Å². The van der Waals surface area contributed by atoms with E-state index in [2.05, 4.69) is 268 Å². The molecule has 8 aromatic carbocycles. The molecule has 0 N–H and O–H groups in total. The van der Waals surface area contributed by atoms with E-state index in [4.69, 9.17) is 0 Å². The number of para-hydroxylation sites is 2. The van der Waals surface area contributed by atoms with E-state index < -0.39 is 0 Å². The average Bonchev–Trinajstić information content (AvgIpc) is 3.65. The van der Waals surface area contributed by atoms with Crippen LogP contribution in [0.1, 0.15) is 122 Å². The third-order valence-electron chi connectivity index (χ3n) is 16.8. The predicted octanol–water partition coefficient (Wildman–Crippen LogP) is 16.4. The van der Waals surface area contributed by atoms with Gasteiger partial charge in [0.2, 0.25) is 0 Å². The molecule has 0 spiro atoms. The third kappa shape index (κ3) is 7.14. The van der Waals surface area contributed by atoms with Crippen LogP contribution in [0.25, 0.3) is 11.1 Å². The van der Waals surface area contributed by atoms with Gasteiger partial charge in [0.15, 0.2) is 0 Å². The molecular weight excluding hydrogens is 858 g/mol. The van der Waals surface area contributed by atoms with Crippen molar-refractivity contribution in [2.75, 3.05) is 14.7 Å². The lowest BCUT2D eigenvalue weighted by atomic mass is 9.33. The van der Waals surface area contributed by atoms with Crippen LogP contribution in [0, 0.1) is 6.92 Å². The zero-order chi connectivity index (χ0) is 49.6. The van der Waals surface area contributed by atoms with Gasteiger partial charge in [0.1, 0.15) is 0 Å². The second kappa shape index (κ2) is 15.6. The highest BCUT2D eigenvalue weighted by Crippen LogP contribution is 2.56. The number of aryl methyl sites for hydroxylation is 1. The lowest BCUT2D eigenvalue weighted by Crippen LogP contribution is -2.61. The minimum atomic E-state index is -0.0695. The molecule has 0 radical (unpaired) electrons. The molecule has 71 heavy (non-hydrogen) atoms. The van der Waals surface area contributed by atoms with Crippen molar-refractivity contribution < 1.29 is 0 Å². The van der Waals surface area contributed by atoms with E-state index in [1.54, 1.807) is 0 Å². The highest BCUT2D eigenvalue weighted by Gasteiger charge is 2.49. The topological polar surface area (TPSA) is 9.72 Å². The van der Waals surface area contributed by atoms with Crippen LogP contribution in [-0.4, -0.2) is 6.71 Å². The molecule has 3 nitrogen and oxygen atoms in total. The van der Waals surface area contributed by atoms with Gasteiger partial charge in [-0.05, 0) is 174 Å². The number of fused-ring (bicyclic) bond motifs is 6. The number of nitrogens with zero attached hydrogens (tertiary/aromatic N) is 3. The summed E-state index contributed by atoms with van der Waals surface area (Å²) < 4.78 is 0. The fourth-order valence-corrected chi connectivity index (χ4v) is 14.0. The van der Waals surface area contributed by atoms with Crippen molar-refractivity contribution in [1.29, 1.82) is 0 Å². The Morgan fingerprint density at radius 2 is 0.958 bits per heavy atom. The molecule has 354 valence electrons. The predicted molar refractivity (Wildman–Crippen MR) is 305 cm³/mol. The smallest absolute Gasteiger partial charge is 0.252 e. The average molecular weight is 926 g/mol. The van der Waals surface area contributed by atoms with Crippen molar-refractivity contribution >= 4 is 74.3 Å². The molecule has 2 heterocycles. The Morgan fingerprint density at radius 1 is 0.423 bits per heavy atom. The van der Waals surface area contributed by atoms with Crippen LogP contribution in [0.5, 0.6) is 0 Å². The minimum Gasteiger partial charge on any atom is -0.311 e. The molecule has 0 aromatic heterocycles. The molecule has 2 aliphatic carbocycles. The van der Waals surface area contributed by atoms with E-state index in [-0.39, 0.29) is 33.8 Å². The van der Waals surface area contributed by atoms with Gasteiger partial charge < -0.3 is 14.7 Å². The van der Waals surface area contributed by atoms with Crippen LogP contribution in [0.2, 0.25) is 0 Å². The zero-order valence-corrected chi connectivity index (χ0v) is 44.0. The number of rotatable bonds is 6. The van der Waals surface area contributed by atoms with Crippen LogP contribution in [0.4, 0.5) is 51.2 Å². The summed E-state index contributed by atoms with van der Waals surface area (Å²) in [6.45, 7) is 29.0. The van der Waals surface area contributed by atoms with Crippen LogP contribution < -0.4 is 31.1 Å². The summed E-state index contributed by atoms with van der Waals surface area (Å²) in [6, 6.07) is 65.1. The lowest BCUT2D eigenvalue weighted by Gasteiger charge is -2.46. The fourth-order valence-electron chi connectivity index (χ4n) is 14.0. The second-order valence-corrected chi connectivity index (χ2v) is 25.0. The molecule has 0 unspecified atom stereocenters. The van der Waals surface area contributed by atoms with Crippen LogP contribution in [0.3, 0.4) is 0 Å². The first-order valence-corrected chi connectivity index (χ1v) is 26.0. The summed E-state index contributed by atoms with van der Waals surface area (Å²) in [6.07, 6.45) is 2.22. The third-order valence-corrected chi connectivity index (χ3v) is 16.8. The zero-order valence-electron chi connectivity index (χ0n) is 44.0. The molecule has 12 rings (SSSR count). The maximum absolute atomic E-state index is 2.69. The monoisotopic (exact) mass is 926 g/mol. The van der Waals surface area contributed by atoms with Gasteiger partial charge in [-0.2, -0.15) is 0 Å². The Morgan fingerprint density at radius 3 is 1.56 bits per heavy atom. The number of benzene rings is 8. The van der Waals surface area contributed by atoms with Crippen molar-refractivity contribution in [3.63, 3.8) is 0 Å². The largest absolute Gasteiger partial charge is 0.311 e. The number of hydrogen-bond acceptors (Lipinski definition) is 3. The molecule has 4 heteroatoms. The summed E-state index contributed by atoms with van der Waals surface area (Å²) >= 11 is 0. The highest BCUT2D eigenvalue weighted by atomic mass is 15.2. The minimum absolute atomic E-state index is 0.0123. The molecule has 4 aliphatic rings. The first kappa shape index (κ1) is 45.4. The van der Waals surface area contributed by atoms with Gasteiger partial charge >= 0.3 is 0 Å². The van der Waals surface area contributed by atoms with Gasteiger partial charge in [0, 0.05) is 45.5 Å². The lowest BCUT2D eigenvalue weighted by molar-refractivity contribution is 0.403. The molecule has 0 fully saturated rings. The summed E-state index contributed by atoms with van der Waals surface area (Å²) in [5.74, 6) is 0. The van der Waals surface area contributed by atoms with E-state index in [1.165, 1.54) is 95.0 Å². The normalized spacial score (nSPS) is 17.3. The standard InChI is InChI=1S/C67H68BN3/c1-43-28-29-45(44-22-16-13-17-23-44)34-57(43)71-58-35-46(63(2,3)4)30-33-55(58)68-56-39-53-54(67(11,12)42-66(53,9)10)40-59(56)70(49-31-32-51-52(36-49)65(7,8)41-64(51,5)6)60-37-50(38-61(71)62(60)68)69(47-24-18-14-19-25-47)48-26-20-15-21-27-48/h13-40H,41-42H2,1-12H3. The summed E-state index contributed by atoms with van der Waals surface area (Å²) in [7, 11) is 0. The number of hydrogen-bond donors (Lipinski definition) is 0. The highest BCUT2D eigenvalue weighted by molar-refractivity contribution is 7.00. The molecule has 8 aromatic rings. The van der Waals surface area contributed by atoms with Gasteiger partial charge in [-0.3, -0.25) is 0 Å². The maximum Gasteiger partial charge on any atom is 0.252 e. The molecule has 0 saturated carbocycles. The van der Waals surface area contributed by atoms with E-state index in [9.17, 15) is 0 Å². The van der Waals surface area contributed by atoms with Crippen molar-refractivity contribution in [2.45, 2.75) is 123 Å². The summed E-state index contributed by atoms with van der Waals surface area (Å²) in [4.78, 5) is 7.80. The molecule has 0 amide bonds. The number of anilines is 9. The van der Waals surface area contributed by atoms with Gasteiger partial charge in [-0.15, -0.1) is 0 Å². The summed E-state index contributed by atoms with van der Waals surface area (Å²) in [5, 5.41) is 0.